The number of hydrogen-bond donors (Lipinski definition) is 0. The van der Waals surface area contributed by atoms with Gasteiger partial charge in [0.25, 0.3) is 5.56 Å². The summed E-state index contributed by atoms with van der Waals surface area (Å²) in [6.07, 6.45) is -1.73. The van der Waals surface area contributed by atoms with Crippen molar-refractivity contribution in [3.8, 4) is 0 Å². The number of aliphatic imine (C=N–C) groups is 1. The number of hydrazine groups is 1. The molecule has 0 bridgehead atoms. The van der Waals surface area contributed by atoms with Crippen LogP contribution < -0.4 is 5.56 Å². The van der Waals surface area contributed by atoms with Gasteiger partial charge in [-0.05, 0) is 38.8 Å². The lowest BCUT2D eigenvalue weighted by Gasteiger charge is -2.32. The molecule has 0 radical (unpaired) electrons. The van der Waals surface area contributed by atoms with Crippen LogP contribution in [0.25, 0.3) is 11.0 Å². The third-order valence-corrected chi connectivity index (χ3v) is 8.58. The molecule has 0 aliphatic heterocycles. The van der Waals surface area contributed by atoms with E-state index < -0.39 is 33.3 Å². The summed E-state index contributed by atoms with van der Waals surface area (Å²) in [4.78, 5) is 33.8. The van der Waals surface area contributed by atoms with E-state index in [0.717, 1.165) is 18.9 Å². The molecule has 1 amide bonds. The van der Waals surface area contributed by atoms with Crippen LogP contribution in [0, 0.1) is 5.92 Å². The number of aryl methyl sites for hydroxylation is 1. The summed E-state index contributed by atoms with van der Waals surface area (Å²) in [5.41, 5.74) is -2.47. The Labute approximate surface area is 219 Å². The fourth-order valence-corrected chi connectivity index (χ4v) is 5.43. The van der Waals surface area contributed by atoms with Crippen LogP contribution >= 0.6 is 0 Å². The molecule has 1 unspecified atom stereocenters. The monoisotopic (exact) mass is 558 g/mol. The number of alkyl halides is 3. The zero-order valence-electron chi connectivity index (χ0n) is 22.5. The summed E-state index contributed by atoms with van der Waals surface area (Å²) < 4.78 is 69.3. The molecule has 1 saturated carbocycles. The molecule has 14 heteroatoms. The highest BCUT2D eigenvalue weighted by atomic mass is 32.2. The second kappa shape index (κ2) is 10.6. The van der Waals surface area contributed by atoms with E-state index in [1.54, 1.807) is 26.0 Å². The van der Waals surface area contributed by atoms with Crippen molar-refractivity contribution in [2.75, 3.05) is 26.9 Å². The van der Waals surface area contributed by atoms with Gasteiger partial charge in [0.2, 0.25) is 5.91 Å². The maximum atomic E-state index is 13.7. The highest BCUT2D eigenvalue weighted by molar-refractivity contribution is 7.96. The largest absolute Gasteiger partial charge is 0.431 e. The van der Waals surface area contributed by atoms with Gasteiger partial charge in [-0.3, -0.25) is 19.6 Å². The van der Waals surface area contributed by atoms with E-state index in [1.807, 2.05) is 0 Å². The number of halogens is 3. The van der Waals surface area contributed by atoms with Gasteiger partial charge in [0, 0.05) is 46.7 Å². The van der Waals surface area contributed by atoms with Crippen LogP contribution in [-0.2, 0) is 34.4 Å². The minimum absolute atomic E-state index is 0.0426. The van der Waals surface area contributed by atoms with Gasteiger partial charge in [-0.15, -0.1) is 0 Å². The third kappa shape index (κ3) is 5.41. The van der Waals surface area contributed by atoms with Crippen molar-refractivity contribution in [1.29, 1.82) is 0 Å². The summed E-state index contributed by atoms with van der Waals surface area (Å²) in [7, 11) is 2.11. The molecule has 2 heterocycles. The van der Waals surface area contributed by atoms with Crippen molar-refractivity contribution in [1.82, 2.24) is 24.1 Å². The Hall–Kier alpha value is -3.00. The molecule has 3 rings (SSSR count). The normalized spacial score (nSPS) is 16.4. The van der Waals surface area contributed by atoms with Gasteiger partial charge in [-0.2, -0.15) is 13.2 Å². The molecule has 0 aromatic carbocycles. The molecule has 10 nitrogen and oxygen atoms in total. The lowest BCUT2D eigenvalue weighted by Crippen LogP contribution is -2.46. The van der Waals surface area contributed by atoms with Crippen molar-refractivity contribution < 1.29 is 26.4 Å². The number of aromatic nitrogens is 3. The molecule has 1 aliphatic rings. The second-order valence-corrected chi connectivity index (χ2v) is 11.5. The first-order valence-corrected chi connectivity index (χ1v) is 13.9. The Bertz CT molecular complexity index is 1470. The average molecular weight is 559 g/mol. The van der Waals surface area contributed by atoms with Crippen molar-refractivity contribution in [2.45, 2.75) is 52.4 Å². The Morgan fingerprint density at radius 3 is 2.37 bits per heavy atom. The topological polar surface area (TPSA) is 110 Å². The Morgan fingerprint density at radius 1 is 1.29 bits per heavy atom. The lowest BCUT2D eigenvalue weighted by atomic mass is 10.2. The van der Waals surface area contributed by atoms with Gasteiger partial charge in [-0.25, -0.2) is 18.4 Å². The highest BCUT2D eigenvalue weighted by Gasteiger charge is 2.37. The van der Waals surface area contributed by atoms with E-state index in [2.05, 4.69) is 9.98 Å². The van der Waals surface area contributed by atoms with E-state index in [0.29, 0.717) is 4.57 Å². The first kappa shape index (κ1) is 29.6. The fourth-order valence-electron chi connectivity index (χ4n) is 4.23. The number of sulfone groups is 1. The van der Waals surface area contributed by atoms with Crippen LogP contribution in [-0.4, -0.2) is 77.1 Å². The predicted octanol–water partition coefficient (Wildman–Crippen LogP) is 2.61. The lowest BCUT2D eigenvalue weighted by molar-refractivity contribution is -0.146. The average Bonchev–Trinajstić information content (AvgIpc) is 3.65. The van der Waals surface area contributed by atoms with E-state index in [4.69, 9.17) is 0 Å². The smallest absolute Gasteiger partial charge is 0.321 e. The number of pyridine rings is 1. The maximum absolute atomic E-state index is 13.7. The molecule has 0 N–H and O–H groups in total. The quantitative estimate of drug-likeness (QED) is 0.346. The molecule has 210 valence electrons. The van der Waals surface area contributed by atoms with E-state index >= 15 is 0 Å². The standard InChI is InChI=1S/C24H33F3N6O4S/c1-8-33-18(24(25,26)27)13-16-20(23(33)35)30(5)21(29-16)19(28-4)17(38(36,37)9-2)12-14(3)31(6)32(7)22(34)15-10-11-15/h12-15H,8-11H2,1-7H3/b17-12+,28-19?. The van der Waals surface area contributed by atoms with Gasteiger partial charge in [0.15, 0.2) is 15.7 Å². The molecule has 2 aromatic heterocycles. The van der Waals surface area contributed by atoms with Crippen LogP contribution in [0.5, 0.6) is 0 Å². The van der Waals surface area contributed by atoms with Crippen LogP contribution in [0.1, 0.15) is 45.1 Å². The van der Waals surface area contributed by atoms with Crippen LogP contribution in [0.3, 0.4) is 0 Å². The number of fused-ring (bicyclic) bond motifs is 1. The first-order chi connectivity index (χ1) is 17.6. The summed E-state index contributed by atoms with van der Waals surface area (Å²) >= 11 is 0. The second-order valence-electron chi connectivity index (χ2n) is 9.26. The minimum atomic E-state index is -4.79. The number of hydrogen-bond acceptors (Lipinski definition) is 7. The van der Waals surface area contributed by atoms with E-state index in [9.17, 15) is 31.2 Å². The number of likely N-dealkylation sites (N-methyl/N-ethyl adjacent to an activating group) is 1. The molecule has 0 spiro atoms. The van der Waals surface area contributed by atoms with E-state index in [1.165, 1.54) is 43.6 Å². The molecule has 2 aromatic rings. The molecule has 38 heavy (non-hydrogen) atoms. The zero-order valence-corrected chi connectivity index (χ0v) is 23.3. The van der Waals surface area contributed by atoms with Crippen molar-refractivity contribution in [3.63, 3.8) is 0 Å². The zero-order chi connectivity index (χ0) is 28.7. The summed E-state index contributed by atoms with van der Waals surface area (Å²) in [5, 5.41) is 3.04. The molecule has 1 atom stereocenters. The molecule has 1 fully saturated rings. The Balaban J connectivity index is 2.20. The first-order valence-electron chi connectivity index (χ1n) is 12.2. The number of carbonyl (C=O) groups excluding carboxylic acids is 1. The van der Waals surface area contributed by atoms with Crippen molar-refractivity contribution in [2.24, 2.45) is 18.0 Å². The number of rotatable bonds is 9. The summed E-state index contributed by atoms with van der Waals surface area (Å²) in [6.45, 7) is 4.37. The van der Waals surface area contributed by atoms with Gasteiger partial charge in [0.1, 0.15) is 16.9 Å². The van der Waals surface area contributed by atoms with Gasteiger partial charge >= 0.3 is 6.18 Å². The minimum Gasteiger partial charge on any atom is -0.321 e. The molecular formula is C24H33F3N6O4S. The fraction of sp³-hybridized carbons (Fsp3) is 0.583. The van der Waals surface area contributed by atoms with Crippen molar-refractivity contribution in [3.05, 3.63) is 38.9 Å². The number of imidazole rings is 1. The Morgan fingerprint density at radius 2 is 1.89 bits per heavy atom. The van der Waals surface area contributed by atoms with Gasteiger partial charge < -0.3 is 9.13 Å². The summed E-state index contributed by atoms with van der Waals surface area (Å²) in [5.74, 6) is -0.461. The summed E-state index contributed by atoms with van der Waals surface area (Å²) in [6, 6.07) is 0.198. The predicted molar refractivity (Wildman–Crippen MR) is 138 cm³/mol. The Kier molecular flexibility index (Phi) is 8.27. The van der Waals surface area contributed by atoms with Crippen LogP contribution in [0.2, 0.25) is 0 Å². The highest BCUT2D eigenvalue weighted by Crippen LogP contribution is 2.32. The number of carbonyl (C=O) groups is 1. The van der Waals surface area contributed by atoms with E-state index in [-0.39, 0.29) is 51.6 Å². The molecular weight excluding hydrogens is 525 g/mol. The third-order valence-electron chi connectivity index (χ3n) is 6.83. The van der Waals surface area contributed by atoms with Crippen LogP contribution in [0.15, 0.2) is 26.8 Å². The molecule has 0 saturated heterocycles. The maximum Gasteiger partial charge on any atom is 0.431 e. The number of allylic oxidation sites excluding steroid dienone is 1. The van der Waals surface area contributed by atoms with Gasteiger partial charge in [0.05, 0.1) is 16.2 Å². The van der Waals surface area contributed by atoms with Crippen LogP contribution in [0.4, 0.5) is 13.2 Å². The number of nitrogens with zero attached hydrogens (tertiary/aromatic N) is 6. The SMILES string of the molecule is CCn1c(C(F)(F)F)cc2nc(C(=NC)/C(=C\C(C)N(C)N(C)C(=O)C3CC3)S(=O)(=O)CC)n(C)c2c1=O. The number of amides is 1. The van der Waals surface area contributed by atoms with Gasteiger partial charge in [-0.1, -0.05) is 6.92 Å². The van der Waals surface area contributed by atoms with Crippen molar-refractivity contribution >= 4 is 32.5 Å². The molecule has 1 aliphatic carbocycles.